The Hall–Kier alpha value is 1.66. The summed E-state index contributed by atoms with van der Waals surface area (Å²) in [4.78, 5) is 13.0. The van der Waals surface area contributed by atoms with E-state index in [-0.39, 0.29) is 92.7 Å². The third-order valence-electron chi connectivity index (χ3n) is 2.99. The first-order valence-electron chi connectivity index (χ1n) is 4.57. The summed E-state index contributed by atoms with van der Waals surface area (Å²) in [6, 6.07) is 0.534. The third kappa shape index (κ3) is 4.10. The van der Waals surface area contributed by atoms with Gasteiger partial charge < -0.3 is 28.6 Å². The van der Waals surface area contributed by atoms with Crippen LogP contribution in [0, 0.1) is 19.9 Å². The maximum atomic E-state index is 10.9. The molecule has 1 N–H and O–H groups in total. The van der Waals surface area contributed by atoms with Gasteiger partial charge in [-0.25, -0.2) is 0 Å². The topological polar surface area (TPSA) is 40.5 Å². The molecular formula is C11H16NO2RbW. The molecule has 16 heavy (non-hydrogen) atoms. The van der Waals surface area contributed by atoms with Crippen molar-refractivity contribution >= 4 is 5.97 Å². The van der Waals surface area contributed by atoms with Crippen LogP contribution in [-0.4, -0.2) is 35.1 Å². The van der Waals surface area contributed by atoms with Crippen LogP contribution in [-0.2, 0) is 25.9 Å². The minimum atomic E-state index is -0.814. The van der Waals surface area contributed by atoms with E-state index in [0.717, 1.165) is 19.3 Å². The molecule has 0 aromatic carbocycles. The molecule has 0 amide bonds. The third-order valence-corrected chi connectivity index (χ3v) is 2.99. The Bertz CT molecular complexity index is 271. The Labute approximate surface area is 161 Å². The predicted molar refractivity (Wildman–Crippen MR) is 54.3 cm³/mol. The molecule has 1 fully saturated rings. The van der Waals surface area contributed by atoms with E-state index < -0.39 is 5.97 Å². The number of fused-ring (bicyclic) bond motifs is 2. The maximum Gasteiger partial charge on any atom is 2.00 e. The molecule has 2 atom stereocenters. The number of rotatable bonds is 1. The molecule has 1 saturated heterocycles. The summed E-state index contributed by atoms with van der Waals surface area (Å²) in [6.07, 6.45) is 7.87. The Morgan fingerprint density at radius 2 is 2.19 bits per heavy atom. The maximum absolute atomic E-state index is 10.9. The predicted octanol–water partition coefficient (Wildman–Crippen LogP) is -1.68. The van der Waals surface area contributed by atoms with Crippen LogP contribution in [0.3, 0.4) is 0 Å². The van der Waals surface area contributed by atoms with Crippen LogP contribution in [0.25, 0.3) is 0 Å². The van der Waals surface area contributed by atoms with Gasteiger partial charge in [-0.3, -0.25) is 6.08 Å². The number of carbonyl (C=O) groups is 1. The van der Waals surface area contributed by atoms with Crippen molar-refractivity contribution < 1.29 is 89.2 Å². The molecule has 2 rings (SSSR count). The fourth-order valence-electron chi connectivity index (χ4n) is 2.15. The minimum absolute atomic E-state index is 0. The number of likely N-dealkylation sites (N-methyl/N-ethyl adjacent to an activating group) is 1. The second-order valence-electron chi connectivity index (χ2n) is 3.69. The molecule has 0 aromatic rings. The van der Waals surface area contributed by atoms with Crippen molar-refractivity contribution in [1.29, 1.82) is 0 Å². The van der Waals surface area contributed by atoms with E-state index in [0.29, 0.717) is 11.6 Å². The van der Waals surface area contributed by atoms with Crippen LogP contribution in [0.15, 0.2) is 5.57 Å². The fourth-order valence-corrected chi connectivity index (χ4v) is 2.15. The molecule has 84 valence electrons. The number of piperidine rings is 1. The number of carboxylic acids is 1. The van der Waals surface area contributed by atoms with Crippen LogP contribution in [0.1, 0.15) is 19.3 Å². The summed E-state index contributed by atoms with van der Waals surface area (Å²) in [7, 11) is 2.01. The number of hydrogen-bond donors (Lipinski definition) is 1. The van der Waals surface area contributed by atoms with Crippen LogP contribution in [0.4, 0.5) is 0 Å². The van der Waals surface area contributed by atoms with E-state index in [4.69, 9.17) is 5.11 Å². The van der Waals surface area contributed by atoms with Gasteiger partial charge in [-0.15, -0.1) is 5.57 Å². The van der Waals surface area contributed by atoms with Crippen molar-refractivity contribution in [2.45, 2.75) is 31.3 Å². The zero-order valence-electron chi connectivity index (χ0n) is 10.1. The van der Waals surface area contributed by atoms with E-state index in [1.807, 2.05) is 7.05 Å². The van der Waals surface area contributed by atoms with Gasteiger partial charge in [0.2, 0.25) is 0 Å². The van der Waals surface area contributed by atoms with E-state index in [1.165, 1.54) is 0 Å². The van der Waals surface area contributed by atoms with Gasteiger partial charge in [0, 0.05) is 0 Å². The SMILES string of the molecule is CN1C2C[C-]=C(C(=O)O)C1C[CH-]C2.[CH3-].[Rb+].[W+2]. The Kier molecular flexibility index (Phi) is 10.9. The minimum Gasteiger partial charge on any atom is -0.562 e. The van der Waals surface area contributed by atoms with Crippen LogP contribution in [0.2, 0.25) is 0 Å². The van der Waals surface area contributed by atoms with Gasteiger partial charge in [-0.05, 0) is 19.1 Å². The first kappa shape index (κ1) is 20.0. The summed E-state index contributed by atoms with van der Waals surface area (Å²) >= 11 is 0. The molecule has 2 heterocycles. The van der Waals surface area contributed by atoms with E-state index in [9.17, 15) is 4.79 Å². The van der Waals surface area contributed by atoms with Gasteiger partial charge in [0.05, 0.1) is 0 Å². The summed E-state index contributed by atoms with van der Waals surface area (Å²) < 4.78 is 0. The molecule has 2 bridgehead atoms. The molecule has 0 aromatic heterocycles. The molecule has 0 spiro atoms. The Morgan fingerprint density at radius 3 is 2.75 bits per heavy atom. The zero-order chi connectivity index (χ0) is 9.42. The quantitative estimate of drug-likeness (QED) is 0.473. The standard InChI is InChI=1S/C10H13NO2.CH3.Rb.W/c1-11-7-3-2-4-9(11)8(6-5-7)10(12)13;;;/h2,7,9H,3-5H2,1H3,(H,12,13);1H3;;/q-2;-1;+1;+2. The molecular weight excluding hydrogens is 447 g/mol. The summed E-state index contributed by atoms with van der Waals surface area (Å²) in [5, 5.41) is 8.93. The molecule has 2 aliphatic rings. The Morgan fingerprint density at radius 1 is 1.56 bits per heavy atom. The molecule has 0 radical (unpaired) electrons. The van der Waals surface area contributed by atoms with Crippen molar-refractivity contribution in [2.75, 3.05) is 7.05 Å². The van der Waals surface area contributed by atoms with Crippen molar-refractivity contribution in [3.05, 3.63) is 25.5 Å². The molecule has 0 aliphatic carbocycles. The monoisotopic (exact) mass is 463 g/mol. The number of nitrogens with zero attached hydrogens (tertiary/aromatic N) is 1. The largest absolute Gasteiger partial charge is 2.00 e. The van der Waals surface area contributed by atoms with Crippen molar-refractivity contribution in [2.24, 2.45) is 0 Å². The number of aliphatic carboxylic acids is 1. The van der Waals surface area contributed by atoms with Crippen molar-refractivity contribution in [3.63, 3.8) is 0 Å². The van der Waals surface area contributed by atoms with Gasteiger partial charge in [-0.2, -0.15) is 12.8 Å². The van der Waals surface area contributed by atoms with Crippen molar-refractivity contribution in [3.8, 4) is 0 Å². The molecule has 5 heteroatoms. The zero-order valence-corrected chi connectivity index (χ0v) is 17.9. The first-order valence-corrected chi connectivity index (χ1v) is 4.57. The van der Waals surface area contributed by atoms with Gasteiger partial charge in [0.15, 0.2) is 5.97 Å². The molecule has 3 nitrogen and oxygen atoms in total. The first-order chi connectivity index (χ1) is 6.20. The summed E-state index contributed by atoms with van der Waals surface area (Å²) in [6.45, 7) is 0. The van der Waals surface area contributed by atoms with E-state index in [1.54, 1.807) is 0 Å². The van der Waals surface area contributed by atoms with Gasteiger partial charge in [0.1, 0.15) is 0 Å². The van der Waals surface area contributed by atoms with E-state index in [2.05, 4.69) is 17.4 Å². The average Bonchev–Trinajstić information content (AvgIpc) is 2.02. The smallest absolute Gasteiger partial charge is 0.562 e. The van der Waals surface area contributed by atoms with Crippen LogP contribution in [0.5, 0.6) is 0 Å². The van der Waals surface area contributed by atoms with Gasteiger partial charge in [-0.1, -0.05) is 6.42 Å². The number of carboxylic acid groups (broad SMARTS) is 1. The molecule has 2 aliphatic heterocycles. The van der Waals surface area contributed by atoms with Crippen LogP contribution < -0.4 is 58.2 Å². The van der Waals surface area contributed by atoms with Crippen LogP contribution >= 0.6 is 0 Å². The molecule has 0 saturated carbocycles. The van der Waals surface area contributed by atoms with Gasteiger partial charge in [0.25, 0.3) is 0 Å². The second kappa shape index (κ2) is 8.71. The Balaban J connectivity index is 0. The van der Waals surface area contributed by atoms with Gasteiger partial charge >= 0.3 is 79.3 Å². The number of hydrogen-bond acceptors (Lipinski definition) is 2. The fraction of sp³-hybridized carbons (Fsp3) is 0.545. The van der Waals surface area contributed by atoms with E-state index >= 15 is 0 Å². The summed E-state index contributed by atoms with van der Waals surface area (Å²) in [5.74, 6) is -0.814. The summed E-state index contributed by atoms with van der Waals surface area (Å²) in [5.41, 5.74) is 0.453. The second-order valence-corrected chi connectivity index (χ2v) is 3.69. The van der Waals surface area contributed by atoms with Crippen molar-refractivity contribution in [1.82, 2.24) is 4.90 Å². The average molecular weight is 464 g/mol. The molecule has 2 unspecified atom stereocenters. The normalized spacial score (nSPS) is 27.7.